The summed E-state index contributed by atoms with van der Waals surface area (Å²) in [6.45, 7) is 3.95. The molecule has 0 aliphatic carbocycles. The van der Waals surface area contributed by atoms with Gasteiger partial charge in [0.1, 0.15) is 18.1 Å². The summed E-state index contributed by atoms with van der Waals surface area (Å²) in [5, 5.41) is 45.6. The fraction of sp³-hybridized carbons (Fsp3) is 0.522. The van der Waals surface area contributed by atoms with Crippen LogP contribution in [0.5, 0.6) is 5.75 Å². The van der Waals surface area contributed by atoms with Gasteiger partial charge in [0, 0.05) is 13.3 Å². The number of aromatic hydroxyl groups is 1. The summed E-state index contributed by atoms with van der Waals surface area (Å²) in [7, 11) is 0. The molecule has 1 unspecified atom stereocenters. The van der Waals surface area contributed by atoms with Gasteiger partial charge in [0.2, 0.25) is 29.1 Å². The van der Waals surface area contributed by atoms with Crippen molar-refractivity contribution < 1.29 is 54.0 Å². The molecule has 0 saturated carbocycles. The molecule has 0 aromatic heterocycles. The van der Waals surface area contributed by atoms with Crippen LogP contribution in [0.4, 0.5) is 0 Å². The van der Waals surface area contributed by atoms with Gasteiger partial charge in [0.05, 0.1) is 24.4 Å². The number of carbonyl (C=O) groups excluding carboxylic acids is 4. The first-order valence-electron chi connectivity index (χ1n) is 11.8. The molecule has 1 aromatic carbocycles. The van der Waals surface area contributed by atoms with E-state index in [-0.39, 0.29) is 0 Å². The molecule has 0 bridgehead atoms. The Bertz CT molecular complexity index is 1230. The zero-order valence-electron chi connectivity index (χ0n) is 21.7. The number of amides is 4. The second kappa shape index (κ2) is 14.4. The molecule has 0 radical (unpaired) electrons. The number of nitrogens with one attached hydrogen (secondary N) is 4. The van der Waals surface area contributed by atoms with Crippen LogP contribution >= 0.6 is 0 Å². The highest BCUT2D eigenvalue weighted by molar-refractivity contribution is 5.95. The van der Waals surface area contributed by atoms with Gasteiger partial charge in [-0.15, -0.1) is 0 Å². The van der Waals surface area contributed by atoms with E-state index in [0.717, 1.165) is 6.92 Å². The van der Waals surface area contributed by atoms with E-state index in [4.69, 9.17) is 15.3 Å². The zero-order chi connectivity index (χ0) is 30.9. The first kappa shape index (κ1) is 33.2. The van der Waals surface area contributed by atoms with E-state index in [2.05, 4.69) is 21.3 Å². The minimum absolute atomic E-state index is 0.502. The SMILES string of the molecule is CC(=O)N[C@@H](CC(=O)O)C(=O)N[C@@H](CCC(=O)O)C(=O)N[C@H](C(=O)NC(CC(=O)O)c1c(O)c(=O)c1=O)C(C)C. The third-order valence-corrected chi connectivity index (χ3v) is 5.56. The monoisotopic (exact) mass is 570 g/mol. The van der Waals surface area contributed by atoms with Gasteiger partial charge in [-0.2, -0.15) is 0 Å². The summed E-state index contributed by atoms with van der Waals surface area (Å²) in [6.07, 6.45) is -2.89. The summed E-state index contributed by atoms with van der Waals surface area (Å²) in [4.78, 5) is 107. The number of hydrogen-bond donors (Lipinski definition) is 8. The third-order valence-electron chi connectivity index (χ3n) is 5.56. The minimum atomic E-state index is -1.62. The molecule has 17 nitrogen and oxygen atoms in total. The maximum atomic E-state index is 13.0. The third kappa shape index (κ3) is 9.48. The summed E-state index contributed by atoms with van der Waals surface area (Å²) in [6, 6.07) is -6.30. The molecular weight excluding hydrogens is 540 g/mol. The number of carboxylic acid groups (broad SMARTS) is 3. The molecule has 0 heterocycles. The number of rotatable bonds is 16. The van der Waals surface area contributed by atoms with Crippen LogP contribution in [0.25, 0.3) is 0 Å². The lowest BCUT2D eigenvalue weighted by Crippen LogP contribution is -2.58. The zero-order valence-corrected chi connectivity index (χ0v) is 21.7. The quantitative estimate of drug-likeness (QED) is 0.0926. The Kier molecular flexibility index (Phi) is 11.9. The lowest BCUT2D eigenvalue weighted by molar-refractivity contribution is -0.141. The Morgan fingerprint density at radius 2 is 1.25 bits per heavy atom. The van der Waals surface area contributed by atoms with E-state index >= 15 is 0 Å². The van der Waals surface area contributed by atoms with Crippen LogP contribution in [0.15, 0.2) is 9.59 Å². The average molecular weight is 571 g/mol. The van der Waals surface area contributed by atoms with E-state index in [1.807, 2.05) is 0 Å². The Morgan fingerprint density at radius 3 is 1.70 bits per heavy atom. The summed E-state index contributed by atoms with van der Waals surface area (Å²) >= 11 is 0. The predicted octanol–water partition coefficient (Wildman–Crippen LogP) is -2.91. The second-order valence-corrected chi connectivity index (χ2v) is 9.15. The van der Waals surface area contributed by atoms with Crippen molar-refractivity contribution in [1.82, 2.24) is 21.3 Å². The van der Waals surface area contributed by atoms with E-state index in [1.54, 1.807) is 0 Å². The van der Waals surface area contributed by atoms with Gasteiger partial charge in [0.25, 0.3) is 5.43 Å². The van der Waals surface area contributed by atoms with Crippen LogP contribution < -0.4 is 32.1 Å². The smallest absolute Gasteiger partial charge is 0.305 e. The largest absolute Gasteiger partial charge is 0.504 e. The first-order valence-corrected chi connectivity index (χ1v) is 11.8. The average Bonchev–Trinajstić information content (AvgIpc) is 2.82. The van der Waals surface area contributed by atoms with Crippen molar-refractivity contribution in [3.05, 3.63) is 26.0 Å². The highest BCUT2D eigenvalue weighted by atomic mass is 16.4. The lowest BCUT2D eigenvalue weighted by atomic mass is 9.96. The van der Waals surface area contributed by atoms with Gasteiger partial charge < -0.3 is 41.7 Å². The Morgan fingerprint density at radius 1 is 0.700 bits per heavy atom. The molecule has 4 amide bonds. The molecule has 17 heteroatoms. The summed E-state index contributed by atoms with van der Waals surface area (Å²) < 4.78 is 0. The molecule has 4 atom stereocenters. The predicted molar refractivity (Wildman–Crippen MR) is 132 cm³/mol. The fourth-order valence-corrected chi connectivity index (χ4v) is 3.61. The van der Waals surface area contributed by atoms with Crippen LogP contribution in [-0.2, 0) is 33.6 Å². The fourth-order valence-electron chi connectivity index (χ4n) is 3.61. The molecule has 40 heavy (non-hydrogen) atoms. The Balaban J connectivity index is 3.19. The topological polar surface area (TPSA) is 283 Å². The Labute approximate surface area is 225 Å². The number of hydrogen-bond acceptors (Lipinski definition) is 10. The van der Waals surface area contributed by atoms with Gasteiger partial charge in [-0.05, 0) is 12.3 Å². The number of aliphatic carboxylic acids is 3. The lowest BCUT2D eigenvalue weighted by Gasteiger charge is -2.28. The molecule has 8 N–H and O–H groups in total. The van der Waals surface area contributed by atoms with Crippen molar-refractivity contribution in [1.29, 1.82) is 0 Å². The molecule has 1 rings (SSSR count). The van der Waals surface area contributed by atoms with Crippen molar-refractivity contribution in [2.24, 2.45) is 5.92 Å². The van der Waals surface area contributed by atoms with Gasteiger partial charge in [0.15, 0.2) is 5.75 Å². The molecular formula is C23H30N4O13. The van der Waals surface area contributed by atoms with Gasteiger partial charge in [-0.25, -0.2) is 0 Å². The number of carboxylic acids is 3. The Hall–Kier alpha value is -4.83. The minimum Gasteiger partial charge on any atom is -0.504 e. The molecule has 220 valence electrons. The van der Waals surface area contributed by atoms with E-state index in [0.29, 0.717) is 0 Å². The van der Waals surface area contributed by atoms with Crippen molar-refractivity contribution in [3.63, 3.8) is 0 Å². The van der Waals surface area contributed by atoms with Crippen LogP contribution in [-0.4, -0.2) is 80.1 Å². The van der Waals surface area contributed by atoms with Crippen molar-refractivity contribution >= 4 is 41.5 Å². The molecule has 0 fully saturated rings. The summed E-state index contributed by atoms with van der Waals surface area (Å²) in [5.74, 6) is -9.99. The van der Waals surface area contributed by atoms with Crippen molar-refractivity contribution in [2.45, 2.75) is 70.6 Å². The second-order valence-electron chi connectivity index (χ2n) is 9.15. The normalized spacial score (nSPS) is 13.9. The van der Waals surface area contributed by atoms with Gasteiger partial charge in [-0.3, -0.25) is 43.2 Å². The van der Waals surface area contributed by atoms with Crippen LogP contribution in [0.3, 0.4) is 0 Å². The van der Waals surface area contributed by atoms with Crippen molar-refractivity contribution in [3.8, 4) is 5.75 Å². The summed E-state index contributed by atoms with van der Waals surface area (Å²) in [5.41, 5.74) is -3.07. The number of carbonyl (C=O) groups is 7. The van der Waals surface area contributed by atoms with Gasteiger partial charge >= 0.3 is 17.9 Å². The van der Waals surface area contributed by atoms with Crippen molar-refractivity contribution in [2.75, 3.05) is 0 Å². The van der Waals surface area contributed by atoms with E-state index < -0.39 is 119 Å². The van der Waals surface area contributed by atoms with E-state index in [9.17, 15) is 48.3 Å². The molecule has 0 aliphatic rings. The first-order chi connectivity index (χ1) is 18.5. The molecule has 0 spiro atoms. The molecule has 0 saturated heterocycles. The van der Waals surface area contributed by atoms with Crippen LogP contribution in [0, 0.1) is 5.92 Å². The highest BCUT2D eigenvalue weighted by Crippen LogP contribution is 2.22. The maximum Gasteiger partial charge on any atom is 0.305 e. The van der Waals surface area contributed by atoms with Crippen LogP contribution in [0.1, 0.15) is 58.1 Å². The van der Waals surface area contributed by atoms with Crippen LogP contribution in [0.2, 0.25) is 0 Å². The standard InChI is InChI=1S/C23H30N4O13/c1-8(2)17(23(40)26-11(6-14(31)32)16-18(35)20(37)19(16)36)27-21(38)10(4-5-13(29)30)25-22(39)12(7-15(33)34)24-9(3)28/h8,10-12,17,35H,4-7H2,1-3H3,(H,24,28)(H,25,39)(H,26,40)(H,27,38)(H,29,30)(H,31,32)(H,33,34)/t10-,11?,12-,17-/m0/s1. The highest BCUT2D eigenvalue weighted by Gasteiger charge is 2.35. The maximum absolute atomic E-state index is 13.0. The van der Waals surface area contributed by atoms with E-state index in [1.165, 1.54) is 13.8 Å². The van der Waals surface area contributed by atoms with Gasteiger partial charge in [-0.1, -0.05) is 13.8 Å². The molecule has 0 aliphatic heterocycles. The molecule has 1 aromatic rings.